The molecule has 0 aliphatic heterocycles. The monoisotopic (exact) mass is 272 g/mol. The number of benzene rings is 1. The molecule has 1 aromatic rings. The molecule has 0 saturated heterocycles. The lowest BCUT2D eigenvalue weighted by molar-refractivity contribution is -0.121. The van der Waals surface area contributed by atoms with Crippen LogP contribution in [-0.2, 0) is 4.79 Å². The third kappa shape index (κ3) is 3.20. The minimum atomic E-state index is -0.394. The molecule has 5 nitrogen and oxygen atoms in total. The maximum absolute atomic E-state index is 11.5. The van der Waals surface area contributed by atoms with Crippen LogP contribution in [0.5, 0.6) is 11.5 Å². The summed E-state index contributed by atoms with van der Waals surface area (Å²) < 4.78 is 10.3. The third-order valence-electron chi connectivity index (χ3n) is 2.49. The number of carbonyl (C=O) groups excluding carboxylic acids is 1. The SMILES string of the molecule is CNC(=O)C(C)Nc1cc(OC)c(Cl)cc1OC. The number of ether oxygens (including phenoxy) is 2. The Morgan fingerprint density at radius 2 is 1.89 bits per heavy atom. The summed E-state index contributed by atoms with van der Waals surface area (Å²) in [5.41, 5.74) is 0.648. The molecule has 1 aromatic carbocycles. The summed E-state index contributed by atoms with van der Waals surface area (Å²) in [7, 11) is 4.65. The van der Waals surface area contributed by atoms with Gasteiger partial charge in [0.05, 0.1) is 24.9 Å². The van der Waals surface area contributed by atoms with Gasteiger partial charge >= 0.3 is 0 Å². The number of hydrogen-bond acceptors (Lipinski definition) is 4. The highest BCUT2D eigenvalue weighted by Crippen LogP contribution is 2.36. The summed E-state index contributed by atoms with van der Waals surface area (Å²) >= 11 is 5.99. The molecule has 0 spiro atoms. The van der Waals surface area contributed by atoms with Gasteiger partial charge in [0.25, 0.3) is 0 Å². The van der Waals surface area contributed by atoms with E-state index in [1.165, 1.54) is 14.2 Å². The Morgan fingerprint density at radius 3 is 2.39 bits per heavy atom. The number of amides is 1. The van der Waals surface area contributed by atoms with Crippen LogP contribution in [0.15, 0.2) is 12.1 Å². The molecule has 0 radical (unpaired) electrons. The number of likely N-dealkylation sites (N-methyl/N-ethyl adjacent to an activating group) is 1. The number of hydrogen-bond donors (Lipinski definition) is 2. The normalized spacial score (nSPS) is 11.6. The molecule has 1 atom stereocenters. The fourth-order valence-corrected chi connectivity index (χ4v) is 1.72. The molecule has 1 rings (SSSR count). The van der Waals surface area contributed by atoms with E-state index in [1.807, 2.05) is 0 Å². The van der Waals surface area contributed by atoms with Crippen molar-refractivity contribution in [1.82, 2.24) is 5.32 Å². The molecule has 0 aromatic heterocycles. The average Bonchev–Trinajstić information content (AvgIpc) is 2.38. The molecule has 6 heteroatoms. The lowest BCUT2D eigenvalue weighted by Crippen LogP contribution is -2.35. The number of halogens is 1. The maximum Gasteiger partial charge on any atom is 0.241 e. The first-order chi connectivity index (χ1) is 8.53. The molecule has 1 amide bonds. The Bertz CT molecular complexity index is 438. The first kappa shape index (κ1) is 14.4. The molecule has 0 fully saturated rings. The number of methoxy groups -OCH3 is 2. The number of nitrogens with one attached hydrogen (secondary N) is 2. The zero-order valence-corrected chi connectivity index (χ0v) is 11.6. The van der Waals surface area contributed by atoms with Crippen LogP contribution >= 0.6 is 11.6 Å². The standard InChI is InChI=1S/C12H17ClN2O3/c1-7(12(16)14-2)15-9-6-10(17-3)8(13)5-11(9)18-4/h5-7,15H,1-4H3,(H,14,16). The Kier molecular flexibility index (Phi) is 5.09. The quantitative estimate of drug-likeness (QED) is 0.860. The first-order valence-electron chi connectivity index (χ1n) is 5.43. The van der Waals surface area contributed by atoms with Crippen LogP contribution in [-0.4, -0.2) is 33.2 Å². The molecular formula is C12H17ClN2O3. The van der Waals surface area contributed by atoms with Gasteiger partial charge in [0, 0.05) is 19.2 Å². The van der Waals surface area contributed by atoms with E-state index < -0.39 is 6.04 Å². The highest BCUT2D eigenvalue weighted by Gasteiger charge is 2.15. The van der Waals surface area contributed by atoms with Gasteiger partial charge in [-0.1, -0.05) is 11.6 Å². The second kappa shape index (κ2) is 6.35. The predicted molar refractivity (Wildman–Crippen MR) is 71.7 cm³/mol. The summed E-state index contributed by atoms with van der Waals surface area (Å²) in [6.07, 6.45) is 0. The van der Waals surface area contributed by atoms with Crippen LogP contribution in [0.2, 0.25) is 5.02 Å². The van der Waals surface area contributed by atoms with Crippen molar-refractivity contribution in [1.29, 1.82) is 0 Å². The fraction of sp³-hybridized carbons (Fsp3) is 0.417. The van der Waals surface area contributed by atoms with E-state index in [0.29, 0.717) is 22.2 Å². The van der Waals surface area contributed by atoms with Crippen molar-refractivity contribution in [3.63, 3.8) is 0 Å². The van der Waals surface area contributed by atoms with Gasteiger partial charge in [-0.25, -0.2) is 0 Å². The van der Waals surface area contributed by atoms with Crippen molar-refractivity contribution in [2.75, 3.05) is 26.6 Å². The molecule has 0 saturated carbocycles. The molecule has 100 valence electrons. The number of anilines is 1. The second-order valence-corrected chi connectivity index (χ2v) is 4.07. The minimum absolute atomic E-state index is 0.119. The third-order valence-corrected chi connectivity index (χ3v) is 2.78. The zero-order chi connectivity index (χ0) is 13.7. The summed E-state index contributed by atoms with van der Waals surface area (Å²) in [6, 6.07) is 2.94. The van der Waals surface area contributed by atoms with Gasteiger partial charge in [0.15, 0.2) is 0 Å². The van der Waals surface area contributed by atoms with Gasteiger partial charge in [-0.05, 0) is 6.92 Å². The second-order valence-electron chi connectivity index (χ2n) is 3.67. The van der Waals surface area contributed by atoms with Crippen molar-refractivity contribution in [3.05, 3.63) is 17.2 Å². The maximum atomic E-state index is 11.5. The van der Waals surface area contributed by atoms with Crippen LogP contribution in [0, 0.1) is 0 Å². The van der Waals surface area contributed by atoms with Gasteiger partial charge in [-0.2, -0.15) is 0 Å². The van der Waals surface area contributed by atoms with Crippen LogP contribution in [0.3, 0.4) is 0 Å². The van der Waals surface area contributed by atoms with E-state index in [2.05, 4.69) is 10.6 Å². The molecule has 18 heavy (non-hydrogen) atoms. The Hall–Kier alpha value is -1.62. The Labute approximate surface area is 111 Å². The van der Waals surface area contributed by atoms with E-state index >= 15 is 0 Å². The Balaban J connectivity index is 3.03. The van der Waals surface area contributed by atoms with Crippen LogP contribution in [0.4, 0.5) is 5.69 Å². The molecule has 0 aliphatic carbocycles. The lowest BCUT2D eigenvalue weighted by Gasteiger charge is -2.17. The van der Waals surface area contributed by atoms with Gasteiger partial charge in [0.1, 0.15) is 17.5 Å². The topological polar surface area (TPSA) is 59.6 Å². The van der Waals surface area contributed by atoms with Gasteiger partial charge < -0.3 is 20.1 Å². The zero-order valence-electron chi connectivity index (χ0n) is 10.8. The molecule has 0 aliphatic rings. The van der Waals surface area contributed by atoms with Crippen molar-refractivity contribution >= 4 is 23.2 Å². The fourth-order valence-electron chi connectivity index (χ4n) is 1.49. The van der Waals surface area contributed by atoms with Crippen molar-refractivity contribution in [3.8, 4) is 11.5 Å². The van der Waals surface area contributed by atoms with E-state index in [1.54, 1.807) is 26.1 Å². The van der Waals surface area contributed by atoms with E-state index in [0.717, 1.165) is 0 Å². The molecule has 0 heterocycles. The van der Waals surface area contributed by atoms with E-state index in [-0.39, 0.29) is 5.91 Å². The van der Waals surface area contributed by atoms with Crippen molar-refractivity contribution < 1.29 is 14.3 Å². The van der Waals surface area contributed by atoms with Crippen LogP contribution in [0.25, 0.3) is 0 Å². The molecule has 2 N–H and O–H groups in total. The molecule has 1 unspecified atom stereocenters. The van der Waals surface area contributed by atoms with Crippen molar-refractivity contribution in [2.45, 2.75) is 13.0 Å². The van der Waals surface area contributed by atoms with Gasteiger partial charge in [-0.15, -0.1) is 0 Å². The van der Waals surface area contributed by atoms with E-state index in [4.69, 9.17) is 21.1 Å². The van der Waals surface area contributed by atoms with Gasteiger partial charge in [0.2, 0.25) is 5.91 Å². The predicted octanol–water partition coefficient (Wildman–Crippen LogP) is 1.90. The smallest absolute Gasteiger partial charge is 0.241 e. The minimum Gasteiger partial charge on any atom is -0.495 e. The van der Waals surface area contributed by atoms with Crippen LogP contribution < -0.4 is 20.1 Å². The molecular weight excluding hydrogens is 256 g/mol. The van der Waals surface area contributed by atoms with Crippen molar-refractivity contribution in [2.24, 2.45) is 0 Å². The highest BCUT2D eigenvalue weighted by atomic mass is 35.5. The number of rotatable bonds is 5. The highest BCUT2D eigenvalue weighted by molar-refractivity contribution is 6.32. The van der Waals surface area contributed by atoms with Gasteiger partial charge in [-0.3, -0.25) is 4.79 Å². The summed E-state index contributed by atoms with van der Waals surface area (Å²) in [6.45, 7) is 1.75. The summed E-state index contributed by atoms with van der Waals surface area (Å²) in [5, 5.41) is 6.05. The first-order valence-corrected chi connectivity index (χ1v) is 5.81. The molecule has 0 bridgehead atoms. The largest absolute Gasteiger partial charge is 0.495 e. The number of carbonyl (C=O) groups is 1. The summed E-state index contributed by atoms with van der Waals surface area (Å²) in [4.78, 5) is 11.5. The average molecular weight is 273 g/mol. The summed E-state index contributed by atoms with van der Waals surface area (Å²) in [5.74, 6) is 0.951. The Morgan fingerprint density at radius 1 is 1.28 bits per heavy atom. The van der Waals surface area contributed by atoms with E-state index in [9.17, 15) is 4.79 Å². The lowest BCUT2D eigenvalue weighted by atomic mass is 10.2. The van der Waals surface area contributed by atoms with Crippen LogP contribution in [0.1, 0.15) is 6.92 Å².